The maximum Gasteiger partial charge on any atom is 0.130 e. The Kier molecular flexibility index (Phi) is 1.89. The van der Waals surface area contributed by atoms with Gasteiger partial charge in [0.25, 0.3) is 0 Å². The Morgan fingerprint density at radius 1 is 1.46 bits per heavy atom. The van der Waals surface area contributed by atoms with E-state index in [1.165, 1.54) is 0 Å². The second-order valence-electron chi connectivity index (χ2n) is 3.77. The van der Waals surface area contributed by atoms with Crippen LogP contribution >= 0.6 is 15.9 Å². The minimum absolute atomic E-state index is 0.125. The molecule has 1 aromatic carbocycles. The van der Waals surface area contributed by atoms with E-state index in [0.717, 1.165) is 28.4 Å². The van der Waals surface area contributed by atoms with Crippen molar-refractivity contribution in [3.8, 4) is 5.75 Å². The molecule has 0 spiro atoms. The number of nitrogens with two attached hydrogens (primary N) is 1. The van der Waals surface area contributed by atoms with Crippen LogP contribution in [-0.2, 0) is 5.54 Å². The van der Waals surface area contributed by atoms with E-state index in [9.17, 15) is 5.11 Å². The van der Waals surface area contributed by atoms with Crippen molar-refractivity contribution in [1.82, 2.24) is 0 Å². The van der Waals surface area contributed by atoms with Gasteiger partial charge in [-0.15, -0.1) is 0 Å². The van der Waals surface area contributed by atoms with Crippen LogP contribution in [0.15, 0.2) is 16.6 Å². The number of hydrogen-bond donors (Lipinski definition) is 2. The first-order valence-corrected chi connectivity index (χ1v) is 5.11. The molecule has 1 aromatic rings. The highest BCUT2D eigenvalue weighted by Gasteiger charge is 2.41. The molecule has 1 aliphatic carbocycles. The molecule has 0 saturated heterocycles. The Hall–Kier alpha value is -0.540. The number of phenols is 1. The summed E-state index contributed by atoms with van der Waals surface area (Å²) in [6.45, 7) is 1.98. The lowest BCUT2D eigenvalue weighted by atomic mass is 10.00. The largest absolute Gasteiger partial charge is 0.507 e. The molecule has 2 nitrogen and oxygen atoms in total. The first-order chi connectivity index (χ1) is 6.03. The molecule has 70 valence electrons. The van der Waals surface area contributed by atoms with Gasteiger partial charge < -0.3 is 10.8 Å². The quantitative estimate of drug-likeness (QED) is 0.794. The van der Waals surface area contributed by atoms with Gasteiger partial charge >= 0.3 is 0 Å². The average molecular weight is 242 g/mol. The number of phenolic OH excluding ortho intramolecular Hbond substituents is 1. The van der Waals surface area contributed by atoms with Crippen LogP contribution in [0.2, 0.25) is 0 Å². The van der Waals surface area contributed by atoms with Crippen molar-refractivity contribution in [3.05, 3.63) is 27.7 Å². The molecule has 2 rings (SSSR count). The van der Waals surface area contributed by atoms with E-state index in [0.29, 0.717) is 0 Å². The van der Waals surface area contributed by atoms with E-state index in [2.05, 4.69) is 15.9 Å². The third kappa shape index (κ3) is 1.46. The fourth-order valence-electron chi connectivity index (χ4n) is 1.61. The van der Waals surface area contributed by atoms with Crippen molar-refractivity contribution < 1.29 is 5.11 Å². The van der Waals surface area contributed by atoms with E-state index in [1.54, 1.807) is 6.07 Å². The van der Waals surface area contributed by atoms with Crippen molar-refractivity contribution in [2.45, 2.75) is 25.3 Å². The molecule has 0 radical (unpaired) electrons. The minimum Gasteiger partial charge on any atom is -0.507 e. The zero-order valence-corrected chi connectivity index (χ0v) is 9.06. The van der Waals surface area contributed by atoms with Gasteiger partial charge in [0.05, 0.1) is 4.47 Å². The molecule has 1 saturated carbocycles. The number of benzene rings is 1. The van der Waals surface area contributed by atoms with Crippen molar-refractivity contribution in [1.29, 1.82) is 0 Å². The summed E-state index contributed by atoms with van der Waals surface area (Å²) in [7, 11) is 0. The van der Waals surface area contributed by atoms with Crippen LogP contribution in [0.4, 0.5) is 0 Å². The lowest BCUT2D eigenvalue weighted by Crippen LogP contribution is -2.19. The van der Waals surface area contributed by atoms with Gasteiger partial charge in [0.1, 0.15) is 5.75 Å². The van der Waals surface area contributed by atoms with Crippen LogP contribution in [0, 0.1) is 6.92 Å². The highest BCUT2D eigenvalue weighted by Crippen LogP contribution is 2.45. The summed E-state index contributed by atoms with van der Waals surface area (Å²) < 4.78 is 0.727. The molecule has 3 heteroatoms. The molecule has 0 bridgehead atoms. The van der Waals surface area contributed by atoms with Gasteiger partial charge in [0, 0.05) is 5.54 Å². The monoisotopic (exact) mass is 241 g/mol. The summed E-state index contributed by atoms with van der Waals surface area (Å²) in [4.78, 5) is 0. The van der Waals surface area contributed by atoms with Gasteiger partial charge in [-0.2, -0.15) is 0 Å². The maximum atomic E-state index is 9.42. The summed E-state index contributed by atoms with van der Waals surface area (Å²) in [6.07, 6.45) is 2.09. The Bertz CT molecular complexity index is 358. The summed E-state index contributed by atoms with van der Waals surface area (Å²) in [6, 6.07) is 3.68. The topological polar surface area (TPSA) is 46.2 Å². The van der Waals surface area contributed by atoms with E-state index in [1.807, 2.05) is 13.0 Å². The average Bonchev–Trinajstić information content (AvgIpc) is 2.77. The smallest absolute Gasteiger partial charge is 0.130 e. The second kappa shape index (κ2) is 2.72. The fraction of sp³-hybridized carbons (Fsp3) is 0.400. The van der Waals surface area contributed by atoms with Gasteiger partial charge in [0.15, 0.2) is 0 Å². The van der Waals surface area contributed by atoms with Crippen molar-refractivity contribution in [2.75, 3.05) is 0 Å². The lowest BCUT2D eigenvalue weighted by molar-refractivity contribution is 0.470. The lowest BCUT2D eigenvalue weighted by Gasteiger charge is -2.13. The Balaban J connectivity index is 2.52. The normalized spacial score (nSPS) is 18.7. The third-order valence-corrected chi connectivity index (χ3v) is 3.25. The fourth-order valence-corrected chi connectivity index (χ4v) is 1.95. The van der Waals surface area contributed by atoms with Crippen LogP contribution in [0.1, 0.15) is 24.0 Å². The molecule has 0 heterocycles. The van der Waals surface area contributed by atoms with E-state index in [-0.39, 0.29) is 11.3 Å². The van der Waals surface area contributed by atoms with Gasteiger partial charge in [-0.1, -0.05) is 0 Å². The minimum atomic E-state index is -0.125. The number of rotatable bonds is 1. The van der Waals surface area contributed by atoms with Crippen molar-refractivity contribution in [2.24, 2.45) is 5.73 Å². The molecule has 13 heavy (non-hydrogen) atoms. The van der Waals surface area contributed by atoms with Crippen LogP contribution in [0.3, 0.4) is 0 Å². The molecule has 3 N–H and O–H groups in total. The van der Waals surface area contributed by atoms with E-state index < -0.39 is 0 Å². The molecule has 0 aliphatic heterocycles. The molecular formula is C10H12BrNO. The maximum absolute atomic E-state index is 9.42. The zero-order valence-electron chi connectivity index (χ0n) is 7.47. The third-order valence-electron chi connectivity index (χ3n) is 2.62. The Labute approximate surface area is 85.9 Å². The molecule has 0 aromatic heterocycles. The van der Waals surface area contributed by atoms with Gasteiger partial charge in [0.2, 0.25) is 0 Å². The number of aryl methyl sites for hydroxylation is 1. The first-order valence-electron chi connectivity index (χ1n) is 4.31. The SMILES string of the molecule is Cc1cc(O)c(Br)cc1C1(N)CC1. The van der Waals surface area contributed by atoms with Crippen LogP contribution in [-0.4, -0.2) is 5.11 Å². The van der Waals surface area contributed by atoms with Gasteiger partial charge in [-0.3, -0.25) is 0 Å². The molecule has 0 unspecified atom stereocenters. The van der Waals surface area contributed by atoms with Gasteiger partial charge in [-0.05, 0) is 59.0 Å². The molecular weight excluding hydrogens is 230 g/mol. The predicted molar refractivity (Wildman–Crippen MR) is 55.6 cm³/mol. The molecule has 1 fully saturated rings. The standard InChI is InChI=1S/C10H12BrNO/c1-6-4-9(13)8(11)5-7(6)10(12)2-3-10/h4-5,13H,2-3,12H2,1H3. The second-order valence-corrected chi connectivity index (χ2v) is 4.63. The van der Waals surface area contributed by atoms with Gasteiger partial charge in [-0.25, -0.2) is 0 Å². The zero-order chi connectivity index (χ0) is 9.64. The van der Waals surface area contributed by atoms with Crippen LogP contribution in [0.25, 0.3) is 0 Å². The summed E-state index contributed by atoms with van der Waals surface area (Å²) in [5, 5.41) is 9.42. The Morgan fingerprint density at radius 2 is 2.08 bits per heavy atom. The Morgan fingerprint density at radius 3 is 2.62 bits per heavy atom. The molecule has 0 atom stereocenters. The number of hydrogen-bond acceptors (Lipinski definition) is 2. The molecule has 1 aliphatic rings. The first kappa shape index (κ1) is 9.03. The highest BCUT2D eigenvalue weighted by molar-refractivity contribution is 9.10. The highest BCUT2D eigenvalue weighted by atomic mass is 79.9. The molecule has 0 amide bonds. The van der Waals surface area contributed by atoms with Crippen molar-refractivity contribution in [3.63, 3.8) is 0 Å². The summed E-state index contributed by atoms with van der Waals surface area (Å²) >= 11 is 3.29. The predicted octanol–water partition coefficient (Wildman–Crippen LogP) is 2.41. The van der Waals surface area contributed by atoms with Crippen LogP contribution < -0.4 is 5.73 Å². The number of aromatic hydroxyl groups is 1. The van der Waals surface area contributed by atoms with Crippen LogP contribution in [0.5, 0.6) is 5.75 Å². The van der Waals surface area contributed by atoms with Crippen molar-refractivity contribution >= 4 is 15.9 Å². The summed E-state index contributed by atoms with van der Waals surface area (Å²) in [5.74, 6) is 0.283. The summed E-state index contributed by atoms with van der Waals surface area (Å²) in [5.41, 5.74) is 8.18. The number of halogens is 1. The van der Waals surface area contributed by atoms with E-state index >= 15 is 0 Å². The van der Waals surface area contributed by atoms with E-state index in [4.69, 9.17) is 5.73 Å².